The Kier molecular flexibility index (Phi) is 8.40. The van der Waals surface area contributed by atoms with E-state index < -0.39 is 35.2 Å². The van der Waals surface area contributed by atoms with E-state index in [1.165, 1.54) is 30.3 Å². The Morgan fingerprint density at radius 2 is 1.32 bits per heavy atom. The highest BCUT2D eigenvalue weighted by atomic mass is 16.6. The van der Waals surface area contributed by atoms with Crippen molar-refractivity contribution in [2.24, 2.45) is 0 Å². The van der Waals surface area contributed by atoms with E-state index in [1.807, 2.05) is 24.3 Å². The first-order valence-corrected chi connectivity index (χ1v) is 11.8. The Balaban J connectivity index is 1.53. The molecule has 0 aliphatic rings. The van der Waals surface area contributed by atoms with Crippen LogP contribution >= 0.6 is 0 Å². The van der Waals surface area contributed by atoms with Crippen LogP contribution in [0.1, 0.15) is 27.9 Å². The maximum absolute atomic E-state index is 13.2. The summed E-state index contributed by atoms with van der Waals surface area (Å²) in [5.74, 6) is -2.21. The number of nitro benzene ring substituents is 1. The maximum Gasteiger partial charge on any atom is 0.329 e. The first-order chi connectivity index (χ1) is 18.4. The van der Waals surface area contributed by atoms with E-state index in [9.17, 15) is 24.5 Å². The second-order valence-electron chi connectivity index (χ2n) is 8.40. The van der Waals surface area contributed by atoms with Gasteiger partial charge in [0.25, 0.3) is 11.6 Å². The van der Waals surface area contributed by atoms with Crippen LogP contribution in [0.4, 0.5) is 5.69 Å². The van der Waals surface area contributed by atoms with E-state index in [1.54, 1.807) is 42.5 Å². The number of esters is 2. The first kappa shape index (κ1) is 26.0. The Morgan fingerprint density at radius 1 is 0.737 bits per heavy atom. The first-order valence-electron chi connectivity index (χ1n) is 11.8. The average Bonchev–Trinajstić information content (AvgIpc) is 2.94. The van der Waals surface area contributed by atoms with Gasteiger partial charge in [0.2, 0.25) is 0 Å². The van der Waals surface area contributed by atoms with E-state index in [0.717, 1.165) is 11.1 Å². The number of carbonyl (C=O) groups excluding carboxylic acids is 3. The molecule has 1 amide bonds. The number of benzene rings is 4. The van der Waals surface area contributed by atoms with Gasteiger partial charge >= 0.3 is 11.9 Å². The molecule has 4 rings (SSSR count). The van der Waals surface area contributed by atoms with Crippen LogP contribution in [0, 0.1) is 10.1 Å². The van der Waals surface area contributed by atoms with Crippen LogP contribution < -0.4 is 5.32 Å². The van der Waals surface area contributed by atoms with Gasteiger partial charge in [0.15, 0.2) is 0 Å². The van der Waals surface area contributed by atoms with Crippen LogP contribution in [-0.4, -0.2) is 28.8 Å². The third kappa shape index (κ3) is 6.58. The lowest BCUT2D eigenvalue weighted by atomic mass is 10.0. The minimum absolute atomic E-state index is 0.00634. The van der Waals surface area contributed by atoms with Crippen molar-refractivity contribution in [3.05, 3.63) is 124 Å². The number of carbonyl (C=O) groups is 3. The zero-order valence-electron chi connectivity index (χ0n) is 20.2. The zero-order chi connectivity index (χ0) is 26.9. The number of hydrogen-bond acceptors (Lipinski definition) is 7. The third-order valence-electron chi connectivity index (χ3n) is 5.77. The molecule has 0 saturated heterocycles. The van der Waals surface area contributed by atoms with Gasteiger partial charge in [0, 0.05) is 17.0 Å². The molecule has 0 aromatic heterocycles. The number of hydrogen-bond donors (Lipinski definition) is 1. The smallest absolute Gasteiger partial charge is 0.329 e. The summed E-state index contributed by atoms with van der Waals surface area (Å²) in [7, 11) is 0. The molecule has 192 valence electrons. The summed E-state index contributed by atoms with van der Waals surface area (Å²) in [5, 5.41) is 14.6. The average molecular weight is 513 g/mol. The highest BCUT2D eigenvalue weighted by molar-refractivity contribution is 6.10. The number of non-ortho nitro benzene ring substituents is 1. The molecule has 1 N–H and O–H groups in total. The quantitative estimate of drug-likeness (QED) is 0.185. The minimum Gasteiger partial charge on any atom is -0.461 e. The molecule has 0 heterocycles. The summed E-state index contributed by atoms with van der Waals surface area (Å²) >= 11 is 0. The highest BCUT2D eigenvalue weighted by Gasteiger charge is 2.28. The van der Waals surface area contributed by atoms with Crippen molar-refractivity contribution in [1.29, 1.82) is 0 Å². The molecule has 9 heteroatoms. The van der Waals surface area contributed by atoms with E-state index in [4.69, 9.17) is 9.47 Å². The lowest BCUT2D eigenvalue weighted by Crippen LogP contribution is -2.43. The third-order valence-corrected chi connectivity index (χ3v) is 5.77. The van der Waals surface area contributed by atoms with Gasteiger partial charge in [0.05, 0.1) is 16.7 Å². The van der Waals surface area contributed by atoms with Crippen LogP contribution in [0.3, 0.4) is 0 Å². The van der Waals surface area contributed by atoms with Crippen LogP contribution in [0.5, 0.6) is 0 Å². The summed E-state index contributed by atoms with van der Waals surface area (Å²) < 4.78 is 10.7. The molecule has 0 radical (unpaired) electrons. The van der Waals surface area contributed by atoms with Crippen molar-refractivity contribution in [2.45, 2.75) is 25.7 Å². The molecule has 0 aliphatic carbocycles. The summed E-state index contributed by atoms with van der Waals surface area (Å²) in [6, 6.07) is 25.6. The lowest BCUT2D eigenvalue weighted by molar-refractivity contribution is -0.383. The van der Waals surface area contributed by atoms with Crippen LogP contribution in [0.25, 0.3) is 10.8 Å². The van der Waals surface area contributed by atoms with Crippen molar-refractivity contribution in [3.8, 4) is 0 Å². The summed E-state index contributed by atoms with van der Waals surface area (Å²) in [6.45, 7) is -0.0437. The van der Waals surface area contributed by atoms with E-state index in [0.29, 0.717) is 5.39 Å². The van der Waals surface area contributed by atoms with Gasteiger partial charge < -0.3 is 14.8 Å². The van der Waals surface area contributed by atoms with E-state index in [2.05, 4.69) is 5.32 Å². The molecule has 4 aromatic rings. The number of nitro groups is 1. The Morgan fingerprint density at radius 3 is 1.95 bits per heavy atom. The Bertz CT molecular complexity index is 1460. The monoisotopic (exact) mass is 512 g/mol. The Labute approximate surface area is 218 Å². The molecule has 9 nitrogen and oxygen atoms in total. The molecule has 38 heavy (non-hydrogen) atoms. The van der Waals surface area contributed by atoms with Gasteiger partial charge in [-0.15, -0.1) is 0 Å². The fourth-order valence-corrected chi connectivity index (χ4v) is 3.87. The van der Waals surface area contributed by atoms with Crippen LogP contribution in [0.2, 0.25) is 0 Å². The number of ether oxygens (including phenoxy) is 2. The van der Waals surface area contributed by atoms with Gasteiger partial charge in [-0.05, 0) is 23.3 Å². The van der Waals surface area contributed by atoms with Crippen molar-refractivity contribution in [1.82, 2.24) is 5.32 Å². The molecular formula is C29H24N2O7. The number of amides is 1. The maximum atomic E-state index is 13.2. The van der Waals surface area contributed by atoms with Crippen LogP contribution in [-0.2, 0) is 32.3 Å². The van der Waals surface area contributed by atoms with E-state index >= 15 is 0 Å². The van der Waals surface area contributed by atoms with Gasteiger partial charge in [-0.2, -0.15) is 0 Å². The van der Waals surface area contributed by atoms with Gasteiger partial charge in [-0.1, -0.05) is 78.9 Å². The molecule has 0 fully saturated rings. The Hall–Kier alpha value is -5.05. The van der Waals surface area contributed by atoms with Gasteiger partial charge in [-0.3, -0.25) is 19.7 Å². The SMILES string of the molecule is O=C(C[C@H](NC(=O)c1cccc2c([N+](=O)[O-])cccc12)C(=O)OCc1ccccc1)OCc1ccccc1. The predicted octanol–water partition coefficient (Wildman–Crippen LogP) is 4.72. The van der Waals surface area contributed by atoms with Crippen molar-refractivity contribution in [2.75, 3.05) is 0 Å². The normalized spacial score (nSPS) is 11.4. The number of nitrogens with zero attached hydrogens (tertiary/aromatic N) is 1. The van der Waals surface area contributed by atoms with Crippen LogP contribution in [0.15, 0.2) is 97.1 Å². The number of fused-ring (bicyclic) bond motifs is 1. The standard InChI is InChI=1S/C29H24N2O7/c32-27(37-18-20-9-3-1-4-10-20)17-25(29(34)38-19-21-11-5-2-6-12-21)30-28(33)24-15-7-14-23-22(24)13-8-16-26(23)31(35)36/h1-16,25H,17-19H2,(H,30,33)/t25-/m0/s1. The molecule has 1 atom stereocenters. The molecule has 0 bridgehead atoms. The summed E-state index contributed by atoms with van der Waals surface area (Å²) in [5.41, 5.74) is 1.47. The van der Waals surface area contributed by atoms with E-state index in [-0.39, 0.29) is 29.9 Å². The zero-order valence-corrected chi connectivity index (χ0v) is 20.2. The summed E-state index contributed by atoms with van der Waals surface area (Å²) in [4.78, 5) is 49.7. The number of nitrogens with one attached hydrogen (secondary N) is 1. The topological polar surface area (TPSA) is 125 Å². The second-order valence-corrected chi connectivity index (χ2v) is 8.40. The summed E-state index contributed by atoms with van der Waals surface area (Å²) in [6.07, 6.45) is -0.461. The predicted molar refractivity (Wildman–Crippen MR) is 139 cm³/mol. The molecule has 0 saturated carbocycles. The fraction of sp³-hybridized carbons (Fsp3) is 0.138. The second kappa shape index (κ2) is 12.3. The largest absolute Gasteiger partial charge is 0.461 e. The molecule has 0 unspecified atom stereocenters. The highest BCUT2D eigenvalue weighted by Crippen LogP contribution is 2.28. The molecular weight excluding hydrogens is 488 g/mol. The fourth-order valence-electron chi connectivity index (χ4n) is 3.87. The van der Waals surface area contributed by atoms with Crippen molar-refractivity contribution in [3.63, 3.8) is 0 Å². The molecule has 4 aromatic carbocycles. The van der Waals surface area contributed by atoms with Crippen molar-refractivity contribution >= 4 is 34.3 Å². The molecule has 0 aliphatic heterocycles. The number of rotatable bonds is 10. The minimum atomic E-state index is -1.34. The van der Waals surface area contributed by atoms with Gasteiger partial charge in [0.1, 0.15) is 19.3 Å². The van der Waals surface area contributed by atoms with Crippen molar-refractivity contribution < 1.29 is 28.8 Å². The van der Waals surface area contributed by atoms with Gasteiger partial charge in [-0.25, -0.2) is 4.79 Å². The molecule has 0 spiro atoms. The lowest BCUT2D eigenvalue weighted by Gasteiger charge is -2.18.